The molecule has 8 aromatic rings. The Kier molecular flexibility index (Phi) is 14.4. The fourth-order valence-electron chi connectivity index (χ4n) is 8.33. The van der Waals surface area contributed by atoms with Gasteiger partial charge < -0.3 is 29.4 Å². The monoisotopic (exact) mass is 837 g/mol. The van der Waals surface area contributed by atoms with Crippen LogP contribution in [-0.4, -0.2) is 56.6 Å². The number of carbonyl (C=O) groups excluding carboxylic acids is 2. The highest BCUT2D eigenvalue weighted by molar-refractivity contribution is 6.02. The van der Waals surface area contributed by atoms with Crippen LogP contribution in [0.1, 0.15) is 52.7 Å². The summed E-state index contributed by atoms with van der Waals surface area (Å²) in [5.74, 6) is 1.26. The van der Waals surface area contributed by atoms with Crippen LogP contribution in [0.2, 0.25) is 0 Å². The second-order valence-electron chi connectivity index (χ2n) is 16.0. The number of amides is 2. The standard InChI is InChI=1S/C55H55N3O5/c1-61-53-37-46(62-35-12-23-54(59)57-33-13-32-56-31-11-21-49-47-18-7-5-16-43(47)36-44-17-6-8-19-48(44)49)29-28-45(53)38-58(34-30-40-14-3-2-4-15-40)55(60)42-26-24-41(25-27-42)51-39-63-52-22-10-9-20-50(51)52/h2-10,14-20,22,24-29,36-37,39,56H,11-13,21,23,30-35,38H2,1H3,(H,57,59). The highest BCUT2D eigenvalue weighted by atomic mass is 16.5. The van der Waals surface area contributed by atoms with Crippen LogP contribution in [0, 0.1) is 0 Å². The van der Waals surface area contributed by atoms with Gasteiger partial charge in [-0.05, 0) is 120 Å². The van der Waals surface area contributed by atoms with E-state index in [1.807, 2.05) is 89.8 Å². The van der Waals surface area contributed by atoms with Gasteiger partial charge in [-0.2, -0.15) is 0 Å². The lowest BCUT2D eigenvalue weighted by atomic mass is 9.94. The lowest BCUT2D eigenvalue weighted by Crippen LogP contribution is -2.32. The van der Waals surface area contributed by atoms with Gasteiger partial charge in [-0.25, -0.2) is 0 Å². The quantitative estimate of drug-likeness (QED) is 0.0553. The van der Waals surface area contributed by atoms with Crippen LogP contribution in [-0.2, 0) is 24.2 Å². The van der Waals surface area contributed by atoms with E-state index in [1.54, 1.807) is 13.4 Å². The molecule has 320 valence electrons. The summed E-state index contributed by atoms with van der Waals surface area (Å²) in [5, 5.41) is 12.9. The number of methoxy groups -OCH3 is 1. The van der Waals surface area contributed by atoms with Gasteiger partial charge in [0.25, 0.3) is 5.91 Å². The number of furan rings is 1. The van der Waals surface area contributed by atoms with Crippen molar-refractivity contribution in [3.63, 3.8) is 0 Å². The van der Waals surface area contributed by atoms with Crippen LogP contribution in [0.5, 0.6) is 11.5 Å². The minimum Gasteiger partial charge on any atom is -0.496 e. The third kappa shape index (κ3) is 11.0. The van der Waals surface area contributed by atoms with E-state index >= 15 is 0 Å². The Hall–Kier alpha value is -6.90. The van der Waals surface area contributed by atoms with Gasteiger partial charge in [-0.15, -0.1) is 0 Å². The maximum atomic E-state index is 14.1. The third-order valence-electron chi connectivity index (χ3n) is 11.7. The van der Waals surface area contributed by atoms with E-state index in [0.717, 1.165) is 65.6 Å². The van der Waals surface area contributed by atoms with Gasteiger partial charge in [-0.3, -0.25) is 9.59 Å². The number of nitrogens with zero attached hydrogens (tertiary/aromatic N) is 1. The van der Waals surface area contributed by atoms with Crippen molar-refractivity contribution in [3.8, 4) is 22.6 Å². The molecule has 7 aromatic carbocycles. The summed E-state index contributed by atoms with van der Waals surface area (Å²) in [6, 6.07) is 51.2. The van der Waals surface area contributed by atoms with E-state index in [0.29, 0.717) is 62.6 Å². The molecule has 1 aromatic heterocycles. The minimum atomic E-state index is -0.0619. The van der Waals surface area contributed by atoms with Gasteiger partial charge in [0.15, 0.2) is 0 Å². The number of fused-ring (bicyclic) bond motifs is 3. The van der Waals surface area contributed by atoms with Crippen molar-refractivity contribution in [1.29, 1.82) is 0 Å². The molecule has 0 unspecified atom stereocenters. The summed E-state index contributed by atoms with van der Waals surface area (Å²) in [7, 11) is 1.63. The number of benzene rings is 7. The number of carbonyl (C=O) groups is 2. The van der Waals surface area contributed by atoms with Crippen LogP contribution >= 0.6 is 0 Å². The molecule has 8 rings (SSSR count). The zero-order chi connectivity index (χ0) is 43.2. The van der Waals surface area contributed by atoms with Crippen molar-refractivity contribution in [2.24, 2.45) is 0 Å². The molecule has 0 saturated carbocycles. The van der Waals surface area contributed by atoms with Crippen LogP contribution in [0.4, 0.5) is 0 Å². The summed E-state index contributed by atoms with van der Waals surface area (Å²) < 4.78 is 17.6. The maximum absolute atomic E-state index is 14.1. The first-order valence-corrected chi connectivity index (χ1v) is 22.1. The van der Waals surface area contributed by atoms with Crippen molar-refractivity contribution >= 4 is 44.3 Å². The largest absolute Gasteiger partial charge is 0.496 e. The van der Waals surface area contributed by atoms with Gasteiger partial charge in [0.05, 0.1) is 20.0 Å². The van der Waals surface area contributed by atoms with Crippen molar-refractivity contribution in [2.45, 2.75) is 45.1 Å². The highest BCUT2D eigenvalue weighted by Gasteiger charge is 2.20. The zero-order valence-electron chi connectivity index (χ0n) is 36.0. The molecule has 0 radical (unpaired) electrons. The molecule has 8 nitrogen and oxygen atoms in total. The Bertz CT molecular complexity index is 2710. The molecule has 2 amide bonds. The molecule has 1 heterocycles. The fraction of sp³-hybridized carbons (Fsp3) is 0.236. The predicted octanol–water partition coefficient (Wildman–Crippen LogP) is 11.2. The second kappa shape index (κ2) is 21.3. The van der Waals surface area contributed by atoms with Crippen molar-refractivity contribution in [3.05, 3.63) is 180 Å². The van der Waals surface area contributed by atoms with Gasteiger partial charge in [0.2, 0.25) is 5.91 Å². The minimum absolute atomic E-state index is 0.0271. The van der Waals surface area contributed by atoms with Crippen LogP contribution in [0.15, 0.2) is 162 Å². The molecule has 63 heavy (non-hydrogen) atoms. The van der Waals surface area contributed by atoms with Crippen LogP contribution in [0.25, 0.3) is 43.6 Å². The average molecular weight is 838 g/mol. The number of hydrogen-bond donors (Lipinski definition) is 2. The smallest absolute Gasteiger partial charge is 0.254 e. The summed E-state index contributed by atoms with van der Waals surface area (Å²) in [5.41, 5.74) is 6.87. The Labute approximate surface area is 369 Å². The molecule has 0 fully saturated rings. The second-order valence-corrected chi connectivity index (χ2v) is 16.0. The number of ether oxygens (including phenoxy) is 2. The first kappa shape index (κ1) is 42.8. The van der Waals surface area contributed by atoms with E-state index in [-0.39, 0.29) is 11.8 Å². The Morgan fingerprint density at radius 2 is 1.37 bits per heavy atom. The zero-order valence-corrected chi connectivity index (χ0v) is 36.0. The Morgan fingerprint density at radius 1 is 0.667 bits per heavy atom. The fourth-order valence-corrected chi connectivity index (χ4v) is 8.33. The summed E-state index contributed by atoms with van der Waals surface area (Å²) in [6.07, 6.45) is 6.40. The molecule has 0 aliphatic rings. The molecule has 0 bridgehead atoms. The van der Waals surface area contributed by atoms with E-state index in [4.69, 9.17) is 13.9 Å². The number of nitrogens with one attached hydrogen (secondary N) is 2. The lowest BCUT2D eigenvalue weighted by Gasteiger charge is -2.24. The van der Waals surface area contributed by atoms with Crippen molar-refractivity contribution in [1.82, 2.24) is 15.5 Å². The van der Waals surface area contributed by atoms with E-state index in [2.05, 4.69) is 77.4 Å². The van der Waals surface area contributed by atoms with Crippen molar-refractivity contribution in [2.75, 3.05) is 39.9 Å². The summed E-state index contributed by atoms with van der Waals surface area (Å²) >= 11 is 0. The number of para-hydroxylation sites is 1. The Morgan fingerprint density at radius 3 is 2.13 bits per heavy atom. The molecule has 0 saturated heterocycles. The average Bonchev–Trinajstić information content (AvgIpc) is 3.77. The number of aryl methyl sites for hydroxylation is 1. The topological polar surface area (TPSA) is 93.0 Å². The lowest BCUT2D eigenvalue weighted by molar-refractivity contribution is -0.121. The SMILES string of the molecule is COc1cc(OCCCC(=O)NCCCNCCCc2c3ccccc3cc3ccccc23)ccc1CN(CCc1ccccc1)C(=O)c1ccc(-c2coc3ccccc23)cc1. The molecule has 0 aliphatic carbocycles. The van der Waals surface area contributed by atoms with E-state index in [1.165, 1.54) is 27.1 Å². The first-order chi connectivity index (χ1) is 31.0. The van der Waals surface area contributed by atoms with Gasteiger partial charge in [0.1, 0.15) is 17.1 Å². The Balaban J connectivity index is 0.776. The molecular weight excluding hydrogens is 783 g/mol. The number of rotatable bonds is 21. The molecule has 2 N–H and O–H groups in total. The van der Waals surface area contributed by atoms with E-state index < -0.39 is 0 Å². The molecule has 0 spiro atoms. The van der Waals surface area contributed by atoms with Crippen LogP contribution in [0.3, 0.4) is 0 Å². The summed E-state index contributed by atoms with van der Waals surface area (Å²) in [6.45, 7) is 3.71. The molecular formula is C55H55N3O5. The van der Waals surface area contributed by atoms with Crippen LogP contribution < -0.4 is 20.1 Å². The van der Waals surface area contributed by atoms with Gasteiger partial charge in [-0.1, -0.05) is 109 Å². The predicted molar refractivity (Wildman–Crippen MR) is 255 cm³/mol. The third-order valence-corrected chi connectivity index (χ3v) is 11.7. The van der Waals surface area contributed by atoms with Gasteiger partial charge >= 0.3 is 0 Å². The van der Waals surface area contributed by atoms with Crippen molar-refractivity contribution < 1.29 is 23.5 Å². The summed E-state index contributed by atoms with van der Waals surface area (Å²) in [4.78, 5) is 28.6. The normalized spacial score (nSPS) is 11.3. The molecule has 0 atom stereocenters. The maximum Gasteiger partial charge on any atom is 0.254 e. The highest BCUT2D eigenvalue weighted by Crippen LogP contribution is 2.32. The van der Waals surface area contributed by atoms with E-state index in [9.17, 15) is 9.59 Å². The number of hydrogen-bond acceptors (Lipinski definition) is 6. The van der Waals surface area contributed by atoms with Gasteiger partial charge in [0, 0.05) is 54.2 Å². The molecule has 8 heteroatoms. The first-order valence-electron chi connectivity index (χ1n) is 22.1. The molecule has 0 aliphatic heterocycles.